The highest BCUT2D eigenvalue weighted by molar-refractivity contribution is 6.42. The number of Topliss-reactive ketones (excluding diaryl/α,β-unsaturated/α-hetero) is 1. The van der Waals surface area contributed by atoms with E-state index >= 15 is 0 Å². The summed E-state index contributed by atoms with van der Waals surface area (Å²) >= 11 is 7.28. The monoisotopic (exact) mass is 474 g/mol. The number of rotatable bonds is 9. The molecular weight excluding hydrogens is 440 g/mol. The third kappa shape index (κ3) is 5.26. The van der Waals surface area contributed by atoms with Gasteiger partial charge in [-0.2, -0.15) is 0 Å². The van der Waals surface area contributed by atoms with Gasteiger partial charge >= 0.3 is 0 Å². The van der Waals surface area contributed by atoms with Gasteiger partial charge in [-0.3, -0.25) is 9.79 Å². The van der Waals surface area contributed by atoms with Crippen molar-refractivity contribution in [3.05, 3.63) is 94.2 Å². The van der Waals surface area contributed by atoms with Crippen LogP contribution >= 0.6 is 11.6 Å². The lowest BCUT2D eigenvalue weighted by Gasteiger charge is -2.23. The van der Waals surface area contributed by atoms with Gasteiger partial charge in [0.05, 0.1) is 11.6 Å². The Kier molecular flexibility index (Phi) is 9.06. The lowest BCUT2D eigenvalue weighted by molar-refractivity contribution is -0.122. The molecule has 0 bridgehead atoms. The Bertz CT molecular complexity index is 1130. The molecule has 0 saturated carbocycles. The molecule has 2 aromatic rings. The molecular formula is C30H35ClN2O. The summed E-state index contributed by atoms with van der Waals surface area (Å²) < 4.78 is 0. The van der Waals surface area contributed by atoms with Crippen molar-refractivity contribution in [2.45, 2.75) is 47.0 Å². The van der Waals surface area contributed by atoms with Crippen LogP contribution in [-0.4, -0.2) is 30.1 Å². The Morgan fingerprint density at radius 2 is 1.65 bits per heavy atom. The van der Waals surface area contributed by atoms with Gasteiger partial charge in [-0.1, -0.05) is 106 Å². The summed E-state index contributed by atoms with van der Waals surface area (Å²) in [4.78, 5) is 19.8. The summed E-state index contributed by atoms with van der Waals surface area (Å²) in [5, 5.41) is 0.664. The molecule has 1 aliphatic rings. The highest BCUT2D eigenvalue weighted by Gasteiger charge is 2.36. The van der Waals surface area contributed by atoms with E-state index < -0.39 is 0 Å². The molecule has 0 fully saturated rings. The summed E-state index contributed by atoms with van der Waals surface area (Å²) in [6, 6.07) is 20.5. The Morgan fingerprint density at radius 3 is 2.18 bits per heavy atom. The molecule has 3 nitrogen and oxygen atoms in total. The number of ketones is 1. The third-order valence-corrected chi connectivity index (χ3v) is 6.77. The number of aliphatic imine (C=N–C) groups is 1. The maximum Gasteiger partial charge on any atom is 0.155 e. The van der Waals surface area contributed by atoms with Crippen LogP contribution in [-0.2, 0) is 4.79 Å². The minimum absolute atomic E-state index is 0.000226. The average molecular weight is 475 g/mol. The second-order valence-corrected chi connectivity index (χ2v) is 8.91. The van der Waals surface area contributed by atoms with Gasteiger partial charge in [0.25, 0.3) is 0 Å². The molecule has 34 heavy (non-hydrogen) atoms. The molecule has 0 amide bonds. The zero-order valence-electron chi connectivity index (χ0n) is 20.9. The molecule has 3 rings (SSSR count). The first-order chi connectivity index (χ1) is 16.5. The SMILES string of the molecule is CC/C=C(/C(Cl)=C1/C(c2ccccc2)=C(CC)N(CC(=O)C(C)CC)/C1=N/C)c1ccccc1. The van der Waals surface area contributed by atoms with Crippen LogP contribution in [0.2, 0.25) is 0 Å². The molecule has 2 aromatic carbocycles. The summed E-state index contributed by atoms with van der Waals surface area (Å²) in [5.74, 6) is 0.974. The highest BCUT2D eigenvalue weighted by Crippen LogP contribution is 2.44. The fraction of sp³-hybridized carbons (Fsp3) is 0.333. The maximum atomic E-state index is 13.1. The normalized spacial score (nSPS) is 18.0. The van der Waals surface area contributed by atoms with Crippen LogP contribution in [0.15, 0.2) is 88.0 Å². The van der Waals surface area contributed by atoms with Crippen LogP contribution in [0.1, 0.15) is 58.1 Å². The van der Waals surface area contributed by atoms with Crippen LogP contribution in [0.4, 0.5) is 0 Å². The van der Waals surface area contributed by atoms with Crippen LogP contribution < -0.4 is 0 Å². The van der Waals surface area contributed by atoms with Gasteiger partial charge in [-0.05, 0) is 36.0 Å². The minimum atomic E-state index is -0.000226. The largest absolute Gasteiger partial charge is 0.322 e. The van der Waals surface area contributed by atoms with Crippen LogP contribution in [0.3, 0.4) is 0 Å². The van der Waals surface area contributed by atoms with Crippen LogP contribution in [0, 0.1) is 5.92 Å². The van der Waals surface area contributed by atoms with Crippen molar-refractivity contribution in [2.75, 3.05) is 13.6 Å². The first-order valence-electron chi connectivity index (χ1n) is 12.2. The van der Waals surface area contributed by atoms with Gasteiger partial charge in [0.2, 0.25) is 0 Å². The lowest BCUT2D eigenvalue weighted by atomic mass is 9.93. The number of carbonyl (C=O) groups is 1. The summed E-state index contributed by atoms with van der Waals surface area (Å²) in [7, 11) is 1.78. The van der Waals surface area contributed by atoms with Crippen molar-refractivity contribution in [2.24, 2.45) is 10.9 Å². The number of halogens is 1. The number of hydrogen-bond acceptors (Lipinski definition) is 2. The predicted molar refractivity (Wildman–Crippen MR) is 146 cm³/mol. The van der Waals surface area contributed by atoms with E-state index in [1.54, 1.807) is 7.05 Å². The van der Waals surface area contributed by atoms with Crippen molar-refractivity contribution in [3.63, 3.8) is 0 Å². The topological polar surface area (TPSA) is 32.7 Å². The molecule has 0 aliphatic carbocycles. The van der Waals surface area contributed by atoms with Gasteiger partial charge < -0.3 is 4.90 Å². The van der Waals surface area contributed by atoms with Gasteiger partial charge in [0.15, 0.2) is 5.78 Å². The molecule has 1 atom stereocenters. The predicted octanol–water partition coefficient (Wildman–Crippen LogP) is 7.75. The Labute approximate surface area is 209 Å². The Hall–Kier alpha value is -2.91. The van der Waals surface area contributed by atoms with Crippen molar-refractivity contribution >= 4 is 34.4 Å². The Balaban J connectivity index is 2.29. The molecule has 178 valence electrons. The molecule has 0 spiro atoms. The van der Waals surface area contributed by atoms with E-state index in [1.807, 2.05) is 43.3 Å². The smallest absolute Gasteiger partial charge is 0.155 e. The molecule has 0 N–H and O–H groups in total. The second kappa shape index (κ2) is 12.0. The van der Waals surface area contributed by atoms with E-state index in [4.69, 9.17) is 16.6 Å². The van der Waals surface area contributed by atoms with E-state index in [0.717, 1.165) is 58.6 Å². The van der Waals surface area contributed by atoms with Crippen molar-refractivity contribution in [1.82, 2.24) is 4.90 Å². The fourth-order valence-corrected chi connectivity index (χ4v) is 4.74. The lowest BCUT2D eigenvalue weighted by Crippen LogP contribution is -2.34. The molecule has 0 aromatic heterocycles. The van der Waals surface area contributed by atoms with Crippen molar-refractivity contribution in [1.29, 1.82) is 0 Å². The van der Waals surface area contributed by atoms with Gasteiger partial charge in [0, 0.05) is 29.8 Å². The molecule has 0 saturated heterocycles. The molecule has 1 aliphatic heterocycles. The molecule has 0 radical (unpaired) electrons. The van der Waals surface area contributed by atoms with Gasteiger partial charge in [0.1, 0.15) is 5.84 Å². The second-order valence-electron chi connectivity index (χ2n) is 8.53. The number of benzene rings is 2. The molecule has 1 heterocycles. The number of nitrogens with zero attached hydrogens (tertiary/aromatic N) is 2. The van der Waals surface area contributed by atoms with Crippen LogP contribution in [0.25, 0.3) is 11.1 Å². The van der Waals surface area contributed by atoms with E-state index in [9.17, 15) is 4.79 Å². The number of amidine groups is 1. The summed E-state index contributed by atoms with van der Waals surface area (Å²) in [6.07, 6.45) is 4.61. The van der Waals surface area contributed by atoms with E-state index in [0.29, 0.717) is 11.6 Å². The van der Waals surface area contributed by atoms with E-state index in [-0.39, 0.29) is 11.7 Å². The van der Waals surface area contributed by atoms with Crippen molar-refractivity contribution in [3.8, 4) is 0 Å². The zero-order valence-corrected chi connectivity index (χ0v) is 21.7. The van der Waals surface area contributed by atoms with E-state index in [2.05, 4.69) is 56.0 Å². The maximum absolute atomic E-state index is 13.1. The first-order valence-corrected chi connectivity index (χ1v) is 12.6. The average Bonchev–Trinajstić information content (AvgIpc) is 3.20. The summed E-state index contributed by atoms with van der Waals surface area (Å²) in [6.45, 7) is 8.59. The standard InChI is InChI=1S/C30H35ClN2O/c1-6-15-24(22-16-11-9-12-17-22)29(31)28-27(23-18-13-10-14-19-23)25(8-3)33(30(28)32-5)20-26(34)21(4)7-2/h9-19,21H,6-8,20H2,1-5H3/b24-15+,29-28+,32-30+. The number of carbonyl (C=O) groups excluding carboxylic acids is 1. The number of hydrogen-bond donors (Lipinski definition) is 0. The van der Waals surface area contributed by atoms with Gasteiger partial charge in [-0.25, -0.2) is 0 Å². The summed E-state index contributed by atoms with van der Waals surface area (Å²) in [5.41, 5.74) is 6.17. The highest BCUT2D eigenvalue weighted by atomic mass is 35.5. The first kappa shape index (κ1) is 25.7. The van der Waals surface area contributed by atoms with Crippen molar-refractivity contribution < 1.29 is 4.79 Å². The fourth-order valence-electron chi connectivity index (χ4n) is 4.38. The number of allylic oxidation sites excluding steroid dienone is 4. The molecule has 4 heteroatoms. The quantitative estimate of drug-likeness (QED) is 0.372. The third-order valence-electron chi connectivity index (χ3n) is 6.38. The van der Waals surface area contributed by atoms with Gasteiger partial charge in [-0.15, -0.1) is 0 Å². The van der Waals surface area contributed by atoms with Crippen LogP contribution in [0.5, 0.6) is 0 Å². The Morgan fingerprint density at radius 1 is 1.03 bits per heavy atom. The minimum Gasteiger partial charge on any atom is -0.322 e. The molecule has 1 unspecified atom stereocenters. The zero-order chi connectivity index (χ0) is 24.7. The van der Waals surface area contributed by atoms with E-state index in [1.165, 1.54) is 0 Å².